The maximum absolute atomic E-state index is 11.4. The van der Waals surface area contributed by atoms with Crippen LogP contribution in [0.15, 0.2) is 12.2 Å². The topological polar surface area (TPSA) is 117 Å². The minimum absolute atomic E-state index is 0.0860. The molecule has 0 aromatic rings. The molecular formula is C22H32O11. The van der Waals surface area contributed by atoms with Crippen LogP contribution in [0.5, 0.6) is 0 Å². The van der Waals surface area contributed by atoms with Crippen LogP contribution in [-0.4, -0.2) is 85.9 Å². The lowest BCUT2D eigenvalue weighted by Crippen LogP contribution is -2.56. The smallest absolute Gasteiger partial charge is 0.303 e. The van der Waals surface area contributed by atoms with E-state index in [2.05, 4.69) is 0 Å². The van der Waals surface area contributed by atoms with E-state index in [1.807, 2.05) is 27.7 Å². The number of carbonyl (C=O) groups is 2. The summed E-state index contributed by atoms with van der Waals surface area (Å²) >= 11 is 0. The zero-order valence-electron chi connectivity index (χ0n) is 19.7. The van der Waals surface area contributed by atoms with E-state index < -0.39 is 66.6 Å². The van der Waals surface area contributed by atoms with E-state index in [0.717, 1.165) is 0 Å². The van der Waals surface area contributed by atoms with Crippen LogP contribution in [-0.2, 0) is 52.2 Å². The van der Waals surface area contributed by atoms with E-state index in [-0.39, 0.29) is 19.3 Å². The molecule has 8 atom stereocenters. The average Bonchev–Trinajstić information content (AvgIpc) is 3.19. The number of ether oxygens (including phenoxy) is 9. The van der Waals surface area contributed by atoms with Gasteiger partial charge in [0.2, 0.25) is 0 Å². The van der Waals surface area contributed by atoms with Gasteiger partial charge in [-0.1, -0.05) is 0 Å². The summed E-state index contributed by atoms with van der Waals surface area (Å²) in [5, 5.41) is 0. The van der Waals surface area contributed by atoms with Crippen LogP contribution in [0.3, 0.4) is 0 Å². The van der Waals surface area contributed by atoms with Crippen molar-refractivity contribution in [3.8, 4) is 0 Å². The lowest BCUT2D eigenvalue weighted by Gasteiger charge is -2.38. The second-order valence-electron chi connectivity index (χ2n) is 9.35. The Morgan fingerprint density at radius 2 is 1.45 bits per heavy atom. The molecule has 186 valence electrons. The van der Waals surface area contributed by atoms with Gasteiger partial charge in [-0.15, -0.1) is 0 Å². The van der Waals surface area contributed by atoms with Gasteiger partial charge >= 0.3 is 11.9 Å². The third-order valence-corrected chi connectivity index (χ3v) is 5.56. The van der Waals surface area contributed by atoms with E-state index in [1.165, 1.54) is 13.8 Å². The van der Waals surface area contributed by atoms with Gasteiger partial charge in [0.15, 0.2) is 24.2 Å². The molecule has 0 bridgehead atoms. The van der Waals surface area contributed by atoms with Crippen LogP contribution in [0.1, 0.15) is 41.5 Å². The SMILES string of the molecule is CC(=O)OC[C@H]1O[C@H](OC[C@H]2O[C@@H]3OC(C)(C)O[C@@H]3[C@H]3OC(C)(C)O[C@H]32)C=C[C@@H]1OC(C)=O. The summed E-state index contributed by atoms with van der Waals surface area (Å²) in [6, 6.07) is 0. The summed E-state index contributed by atoms with van der Waals surface area (Å²) in [4.78, 5) is 22.6. The molecule has 0 amide bonds. The lowest BCUT2D eigenvalue weighted by molar-refractivity contribution is -0.259. The summed E-state index contributed by atoms with van der Waals surface area (Å²) in [5.74, 6) is -2.56. The largest absolute Gasteiger partial charge is 0.463 e. The van der Waals surface area contributed by atoms with Gasteiger partial charge in [0.1, 0.15) is 43.2 Å². The van der Waals surface area contributed by atoms with Gasteiger partial charge < -0.3 is 42.6 Å². The molecule has 4 aliphatic rings. The summed E-state index contributed by atoms with van der Waals surface area (Å²) in [6.45, 7) is 9.92. The molecule has 11 heteroatoms. The highest BCUT2D eigenvalue weighted by Gasteiger charge is 2.60. The molecule has 4 heterocycles. The Hall–Kier alpha value is -1.60. The molecule has 33 heavy (non-hydrogen) atoms. The van der Waals surface area contributed by atoms with Crippen LogP contribution in [0.2, 0.25) is 0 Å². The predicted octanol–water partition coefficient (Wildman–Crippen LogP) is 1.18. The minimum Gasteiger partial charge on any atom is -0.463 e. The third-order valence-electron chi connectivity index (χ3n) is 5.56. The van der Waals surface area contributed by atoms with Crippen LogP contribution in [0.25, 0.3) is 0 Å². The van der Waals surface area contributed by atoms with Crippen LogP contribution in [0.4, 0.5) is 0 Å². The lowest BCUT2D eigenvalue weighted by atomic mass is 9.99. The van der Waals surface area contributed by atoms with Crippen molar-refractivity contribution in [3.05, 3.63) is 12.2 Å². The zero-order chi connectivity index (χ0) is 24.0. The molecule has 0 spiro atoms. The van der Waals surface area contributed by atoms with Crippen LogP contribution in [0, 0.1) is 0 Å². The molecule has 0 unspecified atom stereocenters. The van der Waals surface area contributed by atoms with Crippen molar-refractivity contribution in [2.24, 2.45) is 0 Å². The van der Waals surface area contributed by atoms with Crippen molar-refractivity contribution in [1.82, 2.24) is 0 Å². The highest BCUT2D eigenvalue weighted by atomic mass is 16.9. The molecule has 3 saturated heterocycles. The van der Waals surface area contributed by atoms with E-state index in [0.29, 0.717) is 0 Å². The van der Waals surface area contributed by atoms with Crippen molar-refractivity contribution in [1.29, 1.82) is 0 Å². The molecule has 3 fully saturated rings. The van der Waals surface area contributed by atoms with Crippen molar-refractivity contribution in [3.63, 3.8) is 0 Å². The zero-order valence-corrected chi connectivity index (χ0v) is 19.7. The second-order valence-corrected chi connectivity index (χ2v) is 9.35. The Labute approximate surface area is 192 Å². The van der Waals surface area contributed by atoms with E-state index in [1.54, 1.807) is 12.2 Å². The molecule has 0 radical (unpaired) electrons. The quantitative estimate of drug-likeness (QED) is 0.410. The normalized spacial score (nSPS) is 40.7. The Bertz CT molecular complexity index is 778. The van der Waals surface area contributed by atoms with Gasteiger partial charge in [0, 0.05) is 13.8 Å². The van der Waals surface area contributed by atoms with E-state index >= 15 is 0 Å². The van der Waals surface area contributed by atoms with Crippen molar-refractivity contribution in [2.75, 3.05) is 13.2 Å². The Kier molecular flexibility index (Phi) is 6.85. The maximum atomic E-state index is 11.4. The summed E-state index contributed by atoms with van der Waals surface area (Å²) in [5.41, 5.74) is 0. The average molecular weight is 472 g/mol. The van der Waals surface area contributed by atoms with Gasteiger partial charge in [-0.3, -0.25) is 9.59 Å². The van der Waals surface area contributed by atoms with Crippen LogP contribution < -0.4 is 0 Å². The Morgan fingerprint density at radius 1 is 0.788 bits per heavy atom. The maximum Gasteiger partial charge on any atom is 0.303 e. The summed E-state index contributed by atoms with van der Waals surface area (Å²) in [6.07, 6.45) is -1.28. The number of rotatable bonds is 6. The molecular weight excluding hydrogens is 440 g/mol. The van der Waals surface area contributed by atoms with Crippen molar-refractivity contribution in [2.45, 2.75) is 102 Å². The first-order valence-corrected chi connectivity index (χ1v) is 11.1. The van der Waals surface area contributed by atoms with Gasteiger partial charge in [0.05, 0.1) is 6.61 Å². The molecule has 0 saturated carbocycles. The van der Waals surface area contributed by atoms with Crippen molar-refractivity contribution < 1.29 is 52.2 Å². The van der Waals surface area contributed by atoms with Gasteiger partial charge in [-0.25, -0.2) is 0 Å². The van der Waals surface area contributed by atoms with Gasteiger partial charge in [-0.2, -0.15) is 0 Å². The monoisotopic (exact) mass is 472 g/mol. The number of hydrogen-bond donors (Lipinski definition) is 0. The first-order chi connectivity index (χ1) is 15.4. The fraction of sp³-hybridized carbons (Fsp3) is 0.818. The molecule has 0 aromatic carbocycles. The number of carbonyl (C=O) groups excluding carboxylic acids is 2. The number of esters is 2. The highest BCUT2D eigenvalue weighted by Crippen LogP contribution is 2.44. The molecule has 11 nitrogen and oxygen atoms in total. The highest BCUT2D eigenvalue weighted by molar-refractivity contribution is 5.66. The Balaban J connectivity index is 1.41. The Morgan fingerprint density at radius 3 is 2.15 bits per heavy atom. The second kappa shape index (κ2) is 9.21. The molecule has 0 N–H and O–H groups in total. The summed E-state index contributed by atoms with van der Waals surface area (Å²) in [7, 11) is 0. The van der Waals surface area contributed by atoms with E-state index in [4.69, 9.17) is 42.6 Å². The first-order valence-electron chi connectivity index (χ1n) is 11.1. The first kappa shape index (κ1) is 24.5. The van der Waals surface area contributed by atoms with Crippen LogP contribution >= 0.6 is 0 Å². The van der Waals surface area contributed by atoms with Crippen molar-refractivity contribution >= 4 is 11.9 Å². The van der Waals surface area contributed by atoms with Gasteiger partial charge in [-0.05, 0) is 39.8 Å². The number of fused-ring (bicyclic) bond motifs is 3. The molecule has 4 aliphatic heterocycles. The number of hydrogen-bond acceptors (Lipinski definition) is 11. The fourth-order valence-electron chi connectivity index (χ4n) is 4.37. The van der Waals surface area contributed by atoms with E-state index in [9.17, 15) is 9.59 Å². The minimum atomic E-state index is -0.810. The molecule has 4 rings (SSSR count). The standard InChI is InChI=1S/C22H32O11/c1-11(23)25-9-14-13(27-12(2)24)7-8-16(28-14)26-10-15-17-18(31-21(3,4)30-17)19-20(29-15)33-22(5,6)32-19/h7-8,13-20H,9-10H2,1-6H3/t13-,14+,15+,16-,17-,18-,19+,20+/m0/s1. The predicted molar refractivity (Wildman–Crippen MR) is 108 cm³/mol. The fourth-order valence-corrected chi connectivity index (χ4v) is 4.37. The molecule has 0 aromatic heterocycles. The third kappa shape index (κ3) is 5.73. The molecule has 0 aliphatic carbocycles. The van der Waals surface area contributed by atoms with Gasteiger partial charge in [0.25, 0.3) is 0 Å². The summed E-state index contributed by atoms with van der Waals surface area (Å²) < 4.78 is 52.3.